The maximum atomic E-state index is 13.0. The fraction of sp³-hybridized carbons (Fsp3) is 0.348. The van der Waals surface area contributed by atoms with Crippen LogP contribution in [0.5, 0.6) is 0 Å². The summed E-state index contributed by atoms with van der Waals surface area (Å²) in [6.07, 6.45) is 2.85. The second-order valence-corrected chi connectivity index (χ2v) is 9.03. The van der Waals surface area contributed by atoms with Crippen LogP contribution in [0.4, 0.5) is 5.69 Å². The molecule has 0 radical (unpaired) electrons. The van der Waals surface area contributed by atoms with Crippen LogP contribution < -0.4 is 10.9 Å². The Balaban J connectivity index is 1.73. The van der Waals surface area contributed by atoms with Crippen molar-refractivity contribution in [3.63, 3.8) is 0 Å². The SMILES string of the molecule is CSc1ccc(NC(=O)CSc2nc3ccccc3c(=O)n2CCCOC(C)C)cc1. The van der Waals surface area contributed by atoms with Gasteiger partial charge in [-0.15, -0.1) is 11.8 Å². The van der Waals surface area contributed by atoms with Crippen molar-refractivity contribution in [2.45, 2.75) is 43.0 Å². The van der Waals surface area contributed by atoms with E-state index in [0.29, 0.717) is 35.6 Å². The molecule has 1 amide bonds. The summed E-state index contributed by atoms with van der Waals surface area (Å²) in [6.45, 7) is 5.02. The molecule has 0 saturated heterocycles. The van der Waals surface area contributed by atoms with Crippen molar-refractivity contribution >= 4 is 46.0 Å². The van der Waals surface area contributed by atoms with Gasteiger partial charge in [0.15, 0.2) is 5.16 Å². The third-order valence-electron chi connectivity index (χ3n) is 4.51. The third kappa shape index (κ3) is 6.59. The molecule has 1 aromatic heterocycles. The molecule has 3 aromatic rings. The molecule has 3 rings (SSSR count). The minimum atomic E-state index is -0.140. The Labute approximate surface area is 190 Å². The van der Waals surface area contributed by atoms with E-state index in [1.54, 1.807) is 22.4 Å². The Kier molecular flexibility index (Phi) is 8.57. The van der Waals surface area contributed by atoms with Crippen LogP contribution in [-0.4, -0.2) is 40.2 Å². The Bertz CT molecular complexity index is 1080. The number of hydrogen-bond donors (Lipinski definition) is 1. The maximum absolute atomic E-state index is 13.0. The number of rotatable bonds is 10. The summed E-state index contributed by atoms with van der Waals surface area (Å²) >= 11 is 2.92. The van der Waals surface area contributed by atoms with Crippen molar-refractivity contribution < 1.29 is 9.53 Å². The monoisotopic (exact) mass is 457 g/mol. The zero-order valence-corrected chi connectivity index (χ0v) is 19.6. The van der Waals surface area contributed by atoms with Gasteiger partial charge in [-0.2, -0.15) is 0 Å². The van der Waals surface area contributed by atoms with Crippen LogP contribution in [-0.2, 0) is 16.1 Å². The number of aromatic nitrogens is 2. The highest BCUT2D eigenvalue weighted by molar-refractivity contribution is 7.99. The molecular formula is C23H27N3O3S2. The fourth-order valence-electron chi connectivity index (χ4n) is 3.00. The molecule has 0 aliphatic carbocycles. The van der Waals surface area contributed by atoms with E-state index in [0.717, 1.165) is 10.6 Å². The van der Waals surface area contributed by atoms with E-state index in [9.17, 15) is 9.59 Å². The van der Waals surface area contributed by atoms with Crippen LogP contribution >= 0.6 is 23.5 Å². The van der Waals surface area contributed by atoms with E-state index >= 15 is 0 Å². The normalized spacial score (nSPS) is 11.2. The van der Waals surface area contributed by atoms with Gasteiger partial charge >= 0.3 is 0 Å². The van der Waals surface area contributed by atoms with Crippen molar-refractivity contribution in [1.82, 2.24) is 9.55 Å². The zero-order chi connectivity index (χ0) is 22.2. The van der Waals surface area contributed by atoms with Gasteiger partial charge in [0.05, 0.1) is 22.8 Å². The number of fused-ring (bicyclic) bond motifs is 1. The lowest BCUT2D eigenvalue weighted by molar-refractivity contribution is -0.113. The number of nitrogens with zero attached hydrogens (tertiary/aromatic N) is 2. The molecule has 1 N–H and O–H groups in total. The highest BCUT2D eigenvalue weighted by Gasteiger charge is 2.13. The molecule has 8 heteroatoms. The Morgan fingerprint density at radius 1 is 1.16 bits per heavy atom. The molecular weight excluding hydrogens is 430 g/mol. The van der Waals surface area contributed by atoms with Crippen LogP contribution in [0.25, 0.3) is 10.9 Å². The van der Waals surface area contributed by atoms with Crippen molar-refractivity contribution in [2.24, 2.45) is 0 Å². The molecule has 6 nitrogen and oxygen atoms in total. The number of para-hydroxylation sites is 1. The molecule has 164 valence electrons. The molecule has 31 heavy (non-hydrogen) atoms. The van der Waals surface area contributed by atoms with E-state index in [1.807, 2.05) is 62.6 Å². The highest BCUT2D eigenvalue weighted by atomic mass is 32.2. The number of benzene rings is 2. The number of nitrogens with one attached hydrogen (secondary N) is 1. The number of carbonyl (C=O) groups is 1. The van der Waals surface area contributed by atoms with E-state index < -0.39 is 0 Å². The van der Waals surface area contributed by atoms with Gasteiger partial charge in [-0.1, -0.05) is 23.9 Å². The fourth-order valence-corrected chi connectivity index (χ4v) is 4.23. The van der Waals surface area contributed by atoms with Crippen LogP contribution in [0, 0.1) is 0 Å². The van der Waals surface area contributed by atoms with Crippen LogP contribution in [0.1, 0.15) is 20.3 Å². The predicted octanol–water partition coefficient (Wildman–Crippen LogP) is 4.66. The van der Waals surface area contributed by atoms with Gasteiger partial charge in [0, 0.05) is 23.7 Å². The molecule has 0 spiro atoms. The maximum Gasteiger partial charge on any atom is 0.262 e. The third-order valence-corrected chi connectivity index (χ3v) is 6.23. The van der Waals surface area contributed by atoms with E-state index in [1.165, 1.54) is 11.8 Å². The zero-order valence-electron chi connectivity index (χ0n) is 18.0. The van der Waals surface area contributed by atoms with Crippen molar-refractivity contribution in [3.05, 3.63) is 58.9 Å². The highest BCUT2D eigenvalue weighted by Crippen LogP contribution is 2.20. The second kappa shape index (κ2) is 11.4. The number of amides is 1. The van der Waals surface area contributed by atoms with Crippen LogP contribution in [0.15, 0.2) is 63.4 Å². The smallest absolute Gasteiger partial charge is 0.262 e. The average molecular weight is 458 g/mol. The molecule has 0 aliphatic rings. The lowest BCUT2D eigenvalue weighted by Gasteiger charge is -2.14. The summed E-state index contributed by atoms with van der Waals surface area (Å²) in [7, 11) is 0. The minimum absolute atomic E-state index is 0.0919. The molecule has 0 unspecified atom stereocenters. The summed E-state index contributed by atoms with van der Waals surface area (Å²) < 4.78 is 7.25. The second-order valence-electron chi connectivity index (χ2n) is 7.21. The lowest BCUT2D eigenvalue weighted by atomic mass is 10.2. The summed E-state index contributed by atoms with van der Waals surface area (Å²) in [5, 5.41) is 4.02. The van der Waals surface area contributed by atoms with Gasteiger partial charge in [0.2, 0.25) is 5.91 Å². The largest absolute Gasteiger partial charge is 0.379 e. The first-order valence-electron chi connectivity index (χ1n) is 10.2. The molecule has 0 atom stereocenters. The molecule has 1 heterocycles. The number of hydrogen-bond acceptors (Lipinski definition) is 6. The Morgan fingerprint density at radius 3 is 2.61 bits per heavy atom. The first kappa shape index (κ1) is 23.4. The number of carbonyl (C=O) groups excluding carboxylic acids is 1. The Morgan fingerprint density at radius 2 is 1.90 bits per heavy atom. The summed E-state index contributed by atoms with van der Waals surface area (Å²) in [5.74, 6) is 0.0244. The number of anilines is 1. The minimum Gasteiger partial charge on any atom is -0.379 e. The van der Waals surface area contributed by atoms with Gasteiger partial charge in [0.1, 0.15) is 0 Å². The van der Waals surface area contributed by atoms with Gasteiger partial charge < -0.3 is 10.1 Å². The van der Waals surface area contributed by atoms with E-state index in [-0.39, 0.29) is 23.3 Å². The summed E-state index contributed by atoms with van der Waals surface area (Å²) in [4.78, 5) is 31.3. The molecule has 0 fully saturated rings. The van der Waals surface area contributed by atoms with Gasteiger partial charge in [-0.25, -0.2) is 4.98 Å². The topological polar surface area (TPSA) is 73.2 Å². The first-order chi connectivity index (χ1) is 15.0. The number of ether oxygens (including phenoxy) is 1. The lowest BCUT2D eigenvalue weighted by Crippen LogP contribution is -2.25. The Hall–Kier alpha value is -2.29. The molecule has 2 aromatic carbocycles. The van der Waals surface area contributed by atoms with E-state index in [4.69, 9.17) is 4.74 Å². The average Bonchev–Trinajstić information content (AvgIpc) is 2.77. The van der Waals surface area contributed by atoms with Gasteiger partial charge in [-0.3, -0.25) is 14.2 Å². The quantitative estimate of drug-likeness (QED) is 0.271. The molecule has 0 aliphatic heterocycles. The van der Waals surface area contributed by atoms with Gasteiger partial charge in [-0.05, 0) is 62.9 Å². The molecule has 0 saturated carbocycles. The molecule has 0 bridgehead atoms. The van der Waals surface area contributed by atoms with E-state index in [2.05, 4.69) is 10.3 Å². The van der Waals surface area contributed by atoms with Crippen LogP contribution in [0.2, 0.25) is 0 Å². The first-order valence-corrected chi connectivity index (χ1v) is 12.4. The summed E-state index contributed by atoms with van der Waals surface area (Å²) in [6, 6.07) is 15.0. The predicted molar refractivity (Wildman–Crippen MR) is 129 cm³/mol. The van der Waals surface area contributed by atoms with Crippen molar-refractivity contribution in [3.8, 4) is 0 Å². The number of thioether (sulfide) groups is 2. The van der Waals surface area contributed by atoms with Crippen molar-refractivity contribution in [1.29, 1.82) is 0 Å². The van der Waals surface area contributed by atoms with Gasteiger partial charge in [0.25, 0.3) is 5.56 Å². The van der Waals surface area contributed by atoms with Crippen LogP contribution in [0.3, 0.4) is 0 Å². The standard InChI is InChI=1S/C23H27N3O3S2/c1-16(2)29-14-6-13-26-22(28)19-7-4-5-8-20(19)25-23(26)31-15-21(27)24-17-9-11-18(30-3)12-10-17/h4-5,7-12,16H,6,13-15H2,1-3H3,(H,24,27). The van der Waals surface area contributed by atoms with Crippen molar-refractivity contribution in [2.75, 3.05) is 23.9 Å². The summed E-state index contributed by atoms with van der Waals surface area (Å²) in [5.41, 5.74) is 1.29.